The molecule has 0 aliphatic rings. The van der Waals surface area contributed by atoms with Gasteiger partial charge in [-0.05, 0) is 37.3 Å². The SMILES string of the molecule is COc1ccc(OC)c(C(C)NC(=O)c2ccccc2S(C)(=O)=O)c1. The molecule has 1 amide bonds. The molecule has 6 nitrogen and oxygen atoms in total. The monoisotopic (exact) mass is 363 g/mol. The van der Waals surface area contributed by atoms with E-state index in [-0.39, 0.29) is 10.5 Å². The van der Waals surface area contributed by atoms with Crippen LogP contribution < -0.4 is 14.8 Å². The average Bonchev–Trinajstić information content (AvgIpc) is 2.60. The first-order valence-corrected chi connectivity index (χ1v) is 9.49. The molecule has 0 aliphatic heterocycles. The summed E-state index contributed by atoms with van der Waals surface area (Å²) in [6.07, 6.45) is 1.08. The number of nitrogens with one attached hydrogen (secondary N) is 1. The molecule has 7 heteroatoms. The number of carbonyl (C=O) groups is 1. The summed E-state index contributed by atoms with van der Waals surface area (Å²) < 4.78 is 34.3. The zero-order chi connectivity index (χ0) is 18.6. The van der Waals surface area contributed by atoms with E-state index in [0.717, 1.165) is 11.8 Å². The summed E-state index contributed by atoms with van der Waals surface area (Å²) in [5, 5.41) is 2.81. The molecule has 1 atom stereocenters. The zero-order valence-corrected chi connectivity index (χ0v) is 15.4. The fourth-order valence-corrected chi connectivity index (χ4v) is 3.39. The van der Waals surface area contributed by atoms with Gasteiger partial charge in [0.1, 0.15) is 11.5 Å². The van der Waals surface area contributed by atoms with Gasteiger partial charge in [0, 0.05) is 11.8 Å². The van der Waals surface area contributed by atoms with Crippen molar-refractivity contribution in [2.75, 3.05) is 20.5 Å². The van der Waals surface area contributed by atoms with Crippen LogP contribution in [0.2, 0.25) is 0 Å². The first kappa shape index (κ1) is 18.8. The Labute approximate surface area is 147 Å². The Morgan fingerprint density at radius 2 is 1.76 bits per heavy atom. The van der Waals surface area contributed by atoms with Gasteiger partial charge < -0.3 is 14.8 Å². The number of hydrogen-bond acceptors (Lipinski definition) is 5. The molecule has 0 radical (unpaired) electrons. The summed E-state index contributed by atoms with van der Waals surface area (Å²) in [6, 6.07) is 11.0. The topological polar surface area (TPSA) is 81.7 Å². The summed E-state index contributed by atoms with van der Waals surface area (Å²) in [5.74, 6) is 0.761. The van der Waals surface area contributed by atoms with E-state index in [9.17, 15) is 13.2 Å². The van der Waals surface area contributed by atoms with Crippen molar-refractivity contribution in [3.63, 3.8) is 0 Å². The van der Waals surface area contributed by atoms with Gasteiger partial charge in [-0.1, -0.05) is 12.1 Å². The number of carbonyl (C=O) groups excluding carboxylic acids is 1. The second-order valence-corrected chi connectivity index (χ2v) is 7.56. The molecule has 0 spiro atoms. The zero-order valence-electron chi connectivity index (χ0n) is 14.6. The van der Waals surface area contributed by atoms with Crippen LogP contribution in [-0.2, 0) is 9.84 Å². The number of sulfone groups is 1. The highest BCUT2D eigenvalue weighted by atomic mass is 32.2. The van der Waals surface area contributed by atoms with E-state index in [2.05, 4.69) is 5.32 Å². The van der Waals surface area contributed by atoms with E-state index < -0.39 is 21.8 Å². The number of benzene rings is 2. The largest absolute Gasteiger partial charge is 0.497 e. The number of rotatable bonds is 6. The summed E-state index contributed by atoms with van der Waals surface area (Å²) >= 11 is 0. The van der Waals surface area contributed by atoms with Crippen molar-refractivity contribution in [2.24, 2.45) is 0 Å². The Bertz CT molecular complexity index is 877. The van der Waals surface area contributed by atoms with Gasteiger partial charge >= 0.3 is 0 Å². The lowest BCUT2D eigenvalue weighted by Gasteiger charge is -2.19. The van der Waals surface area contributed by atoms with Crippen LogP contribution in [0.25, 0.3) is 0 Å². The van der Waals surface area contributed by atoms with E-state index in [4.69, 9.17) is 9.47 Å². The molecular weight excluding hydrogens is 342 g/mol. The Kier molecular flexibility index (Phi) is 5.69. The van der Waals surface area contributed by atoms with Crippen LogP contribution in [0.5, 0.6) is 11.5 Å². The highest BCUT2D eigenvalue weighted by molar-refractivity contribution is 7.90. The number of ether oxygens (including phenoxy) is 2. The average molecular weight is 363 g/mol. The van der Waals surface area contributed by atoms with Gasteiger partial charge in [-0.2, -0.15) is 0 Å². The lowest BCUT2D eigenvalue weighted by atomic mass is 10.1. The normalized spacial score (nSPS) is 12.3. The van der Waals surface area contributed by atoms with Crippen molar-refractivity contribution in [3.8, 4) is 11.5 Å². The highest BCUT2D eigenvalue weighted by Crippen LogP contribution is 2.29. The van der Waals surface area contributed by atoms with Crippen LogP contribution in [0.1, 0.15) is 28.9 Å². The quantitative estimate of drug-likeness (QED) is 0.853. The summed E-state index contributed by atoms with van der Waals surface area (Å²) in [7, 11) is -0.415. The molecule has 2 aromatic carbocycles. The molecule has 134 valence electrons. The predicted molar refractivity (Wildman–Crippen MR) is 95.0 cm³/mol. The lowest BCUT2D eigenvalue weighted by Crippen LogP contribution is -2.28. The van der Waals surface area contributed by atoms with Crippen LogP contribution in [-0.4, -0.2) is 34.8 Å². The van der Waals surface area contributed by atoms with Crippen LogP contribution in [0.4, 0.5) is 0 Å². The standard InChI is InChI=1S/C18H21NO5S/c1-12(15-11-13(23-2)9-10-16(15)24-3)19-18(20)14-7-5-6-8-17(14)25(4,21)22/h5-12H,1-4H3,(H,19,20). The molecule has 0 heterocycles. The van der Waals surface area contributed by atoms with Crippen molar-refractivity contribution < 1.29 is 22.7 Å². The van der Waals surface area contributed by atoms with E-state index in [1.54, 1.807) is 51.5 Å². The van der Waals surface area contributed by atoms with Gasteiger partial charge in [-0.25, -0.2) is 8.42 Å². The van der Waals surface area contributed by atoms with Gasteiger partial charge in [0.2, 0.25) is 0 Å². The lowest BCUT2D eigenvalue weighted by molar-refractivity contribution is 0.0936. The fraction of sp³-hybridized carbons (Fsp3) is 0.278. The Morgan fingerprint density at radius 1 is 1.08 bits per heavy atom. The predicted octanol–water partition coefficient (Wildman–Crippen LogP) is 2.60. The molecule has 0 fully saturated rings. The van der Waals surface area contributed by atoms with Crippen molar-refractivity contribution in [2.45, 2.75) is 17.9 Å². The molecular formula is C18H21NO5S. The van der Waals surface area contributed by atoms with E-state index in [0.29, 0.717) is 11.5 Å². The third kappa shape index (κ3) is 4.30. The number of hydrogen-bond donors (Lipinski definition) is 1. The molecule has 1 unspecified atom stereocenters. The molecule has 0 bridgehead atoms. The summed E-state index contributed by atoms with van der Waals surface area (Å²) in [6.45, 7) is 1.79. The van der Waals surface area contributed by atoms with Crippen molar-refractivity contribution in [3.05, 3.63) is 53.6 Å². The van der Waals surface area contributed by atoms with Crippen LogP contribution in [0.15, 0.2) is 47.4 Å². The first-order valence-electron chi connectivity index (χ1n) is 7.59. The van der Waals surface area contributed by atoms with Gasteiger partial charge in [-0.3, -0.25) is 4.79 Å². The fourth-order valence-electron chi connectivity index (χ4n) is 2.51. The molecule has 0 saturated carbocycles. The van der Waals surface area contributed by atoms with Crippen molar-refractivity contribution in [1.29, 1.82) is 0 Å². The minimum atomic E-state index is -3.51. The molecule has 2 aromatic rings. The summed E-state index contributed by atoms with van der Waals surface area (Å²) in [4.78, 5) is 12.6. The maximum atomic E-state index is 12.6. The minimum absolute atomic E-state index is 0.00249. The molecule has 0 aliphatic carbocycles. The second-order valence-electron chi connectivity index (χ2n) is 5.57. The molecule has 0 saturated heterocycles. The number of amides is 1. The van der Waals surface area contributed by atoms with E-state index in [1.807, 2.05) is 0 Å². The Morgan fingerprint density at radius 3 is 2.36 bits per heavy atom. The minimum Gasteiger partial charge on any atom is -0.497 e. The van der Waals surface area contributed by atoms with Gasteiger partial charge in [0.15, 0.2) is 9.84 Å². The summed E-state index contributed by atoms with van der Waals surface area (Å²) in [5.41, 5.74) is 0.839. The third-order valence-electron chi connectivity index (χ3n) is 3.78. The maximum Gasteiger partial charge on any atom is 0.253 e. The van der Waals surface area contributed by atoms with Gasteiger partial charge in [0.05, 0.1) is 30.7 Å². The van der Waals surface area contributed by atoms with E-state index in [1.165, 1.54) is 12.1 Å². The maximum absolute atomic E-state index is 12.6. The smallest absolute Gasteiger partial charge is 0.253 e. The molecule has 0 aromatic heterocycles. The van der Waals surface area contributed by atoms with Crippen LogP contribution in [0, 0.1) is 0 Å². The Hall–Kier alpha value is -2.54. The van der Waals surface area contributed by atoms with Crippen LogP contribution in [0.3, 0.4) is 0 Å². The first-order chi connectivity index (χ1) is 11.8. The van der Waals surface area contributed by atoms with Gasteiger partial charge in [0.25, 0.3) is 5.91 Å². The number of methoxy groups -OCH3 is 2. The van der Waals surface area contributed by atoms with Crippen molar-refractivity contribution >= 4 is 15.7 Å². The molecule has 2 rings (SSSR count). The Balaban J connectivity index is 2.33. The van der Waals surface area contributed by atoms with Gasteiger partial charge in [-0.15, -0.1) is 0 Å². The van der Waals surface area contributed by atoms with E-state index >= 15 is 0 Å². The van der Waals surface area contributed by atoms with Crippen molar-refractivity contribution in [1.82, 2.24) is 5.32 Å². The third-order valence-corrected chi connectivity index (χ3v) is 4.94. The molecule has 25 heavy (non-hydrogen) atoms. The second kappa shape index (κ2) is 7.57. The highest BCUT2D eigenvalue weighted by Gasteiger charge is 2.21. The van der Waals surface area contributed by atoms with Crippen LogP contribution >= 0.6 is 0 Å². The molecule has 1 N–H and O–H groups in total.